The van der Waals surface area contributed by atoms with Crippen molar-refractivity contribution in [3.63, 3.8) is 0 Å². The van der Waals surface area contributed by atoms with Crippen molar-refractivity contribution in [1.29, 1.82) is 0 Å². The molecule has 0 spiro atoms. The first-order valence-corrected chi connectivity index (χ1v) is 7.43. The molecule has 2 atom stereocenters. The van der Waals surface area contributed by atoms with E-state index in [4.69, 9.17) is 9.47 Å². The van der Waals surface area contributed by atoms with Crippen molar-refractivity contribution < 1.29 is 29.0 Å². The van der Waals surface area contributed by atoms with Crippen LogP contribution in [0.3, 0.4) is 0 Å². The predicted molar refractivity (Wildman–Crippen MR) is 81.3 cm³/mol. The third-order valence-corrected chi connectivity index (χ3v) is 3.93. The van der Waals surface area contributed by atoms with Crippen molar-refractivity contribution in [2.24, 2.45) is 0 Å². The van der Waals surface area contributed by atoms with Crippen LogP contribution in [-0.4, -0.2) is 41.6 Å². The number of fused-ring (bicyclic) bond motifs is 1. The zero-order valence-corrected chi connectivity index (χ0v) is 13.3. The van der Waals surface area contributed by atoms with E-state index in [-0.39, 0.29) is 24.4 Å². The number of allylic oxidation sites excluding steroid dienone is 1. The Morgan fingerprint density at radius 2 is 2.13 bits per heavy atom. The Morgan fingerprint density at radius 1 is 1.43 bits per heavy atom. The van der Waals surface area contributed by atoms with Crippen LogP contribution in [0.25, 0.3) is 0 Å². The summed E-state index contributed by atoms with van der Waals surface area (Å²) < 4.78 is 10.2. The van der Waals surface area contributed by atoms with Gasteiger partial charge in [-0.3, -0.25) is 9.59 Å². The molecule has 0 unspecified atom stereocenters. The zero-order chi connectivity index (χ0) is 17.1. The summed E-state index contributed by atoms with van der Waals surface area (Å²) in [5, 5.41) is 10.5. The van der Waals surface area contributed by atoms with E-state index < -0.39 is 24.1 Å². The molecule has 0 aromatic rings. The van der Waals surface area contributed by atoms with Crippen LogP contribution in [0.15, 0.2) is 34.9 Å². The number of ether oxygens (including phenoxy) is 2. The Labute approximate surface area is 134 Å². The monoisotopic (exact) mass is 320 g/mol. The third kappa shape index (κ3) is 3.96. The van der Waals surface area contributed by atoms with Gasteiger partial charge in [0.2, 0.25) is 0 Å². The Kier molecular flexibility index (Phi) is 5.15. The van der Waals surface area contributed by atoms with E-state index in [9.17, 15) is 19.5 Å². The molecule has 124 valence electrons. The molecule has 1 aliphatic heterocycles. The highest BCUT2D eigenvalue weighted by molar-refractivity contribution is 5.96. The maximum absolute atomic E-state index is 12.0. The van der Waals surface area contributed by atoms with Crippen molar-refractivity contribution in [3.8, 4) is 0 Å². The summed E-state index contributed by atoms with van der Waals surface area (Å²) in [6, 6.07) is 0. The second kappa shape index (κ2) is 6.91. The van der Waals surface area contributed by atoms with E-state index in [0.29, 0.717) is 24.0 Å². The van der Waals surface area contributed by atoms with Crippen LogP contribution in [0.4, 0.5) is 0 Å². The number of rotatable bonds is 2. The molecule has 0 radical (unpaired) electrons. The van der Waals surface area contributed by atoms with Crippen LogP contribution in [0.2, 0.25) is 0 Å². The molecule has 23 heavy (non-hydrogen) atoms. The minimum absolute atomic E-state index is 0.0256. The van der Waals surface area contributed by atoms with Crippen molar-refractivity contribution >= 4 is 17.7 Å². The van der Waals surface area contributed by atoms with Crippen LogP contribution in [0.5, 0.6) is 0 Å². The molecule has 1 heterocycles. The molecule has 2 aliphatic rings. The summed E-state index contributed by atoms with van der Waals surface area (Å²) in [5.74, 6) is -1.26. The van der Waals surface area contributed by atoms with E-state index in [0.717, 1.165) is 5.57 Å². The number of carbonyl (C=O) groups is 3. The van der Waals surface area contributed by atoms with Crippen molar-refractivity contribution in [1.82, 2.24) is 0 Å². The number of aliphatic hydroxyl groups excluding tert-OH is 1. The van der Waals surface area contributed by atoms with E-state index in [1.807, 2.05) is 6.92 Å². The molecule has 6 heteroatoms. The number of hydrogen-bond donors (Lipinski definition) is 1. The number of carbonyl (C=O) groups excluding carboxylic acids is 3. The van der Waals surface area contributed by atoms with Crippen LogP contribution in [-0.2, 0) is 23.9 Å². The summed E-state index contributed by atoms with van der Waals surface area (Å²) in [4.78, 5) is 35.0. The van der Waals surface area contributed by atoms with Gasteiger partial charge in [0.1, 0.15) is 12.7 Å². The Morgan fingerprint density at radius 3 is 2.78 bits per heavy atom. The average Bonchev–Trinajstić information content (AvgIpc) is 2.77. The second-order valence-electron chi connectivity index (χ2n) is 5.80. The van der Waals surface area contributed by atoms with E-state index in [2.05, 4.69) is 6.58 Å². The van der Waals surface area contributed by atoms with Crippen LogP contribution >= 0.6 is 0 Å². The normalized spacial score (nSPS) is 28.0. The quantitative estimate of drug-likeness (QED) is 0.470. The fourth-order valence-electron chi connectivity index (χ4n) is 2.66. The van der Waals surface area contributed by atoms with Gasteiger partial charge in [-0.2, -0.15) is 0 Å². The van der Waals surface area contributed by atoms with Gasteiger partial charge < -0.3 is 14.6 Å². The average molecular weight is 320 g/mol. The minimum Gasteiger partial charge on any atom is -0.461 e. The lowest BCUT2D eigenvalue weighted by atomic mass is 9.89. The molecule has 0 amide bonds. The number of Topliss-reactive ketones (excluding diaryl/α,β-unsaturated/α-hetero) is 1. The van der Waals surface area contributed by atoms with Gasteiger partial charge in [0.05, 0.1) is 11.7 Å². The lowest BCUT2D eigenvalue weighted by molar-refractivity contribution is -0.142. The van der Waals surface area contributed by atoms with Crippen LogP contribution in [0, 0.1) is 0 Å². The topological polar surface area (TPSA) is 89.9 Å². The molecule has 0 fully saturated rings. The van der Waals surface area contributed by atoms with Crippen molar-refractivity contribution in [3.05, 3.63) is 34.9 Å². The standard InChI is InChI=1S/C17H20O6/c1-9-4-5-13(19)10(2)7-14(20)16-12(8-22-11(3)18)17(21)23-15(16)6-9/h6,14-15,20H,2,4-5,7-8H2,1,3H3/b9-6+/t14-,15+/m0/s1. The van der Waals surface area contributed by atoms with E-state index in [1.165, 1.54) is 6.92 Å². The number of ketones is 1. The van der Waals surface area contributed by atoms with Crippen molar-refractivity contribution in [2.75, 3.05) is 6.61 Å². The first-order chi connectivity index (χ1) is 10.8. The lowest BCUT2D eigenvalue weighted by Gasteiger charge is -2.20. The maximum atomic E-state index is 12.0. The van der Waals surface area contributed by atoms with Gasteiger partial charge in [0.15, 0.2) is 5.78 Å². The fourth-order valence-corrected chi connectivity index (χ4v) is 2.66. The molecule has 0 bridgehead atoms. The summed E-state index contributed by atoms with van der Waals surface area (Å²) in [6.07, 6.45) is 0.804. The molecule has 0 aromatic carbocycles. The highest BCUT2D eigenvalue weighted by Gasteiger charge is 2.38. The first kappa shape index (κ1) is 17.1. The highest BCUT2D eigenvalue weighted by atomic mass is 16.6. The van der Waals surface area contributed by atoms with Gasteiger partial charge in [-0.1, -0.05) is 12.2 Å². The summed E-state index contributed by atoms with van der Waals surface area (Å²) >= 11 is 0. The Bertz CT molecular complexity index is 625. The Hall–Kier alpha value is -2.21. The zero-order valence-electron chi connectivity index (χ0n) is 13.3. The fraction of sp³-hybridized carbons (Fsp3) is 0.471. The van der Waals surface area contributed by atoms with Crippen LogP contribution < -0.4 is 0 Å². The van der Waals surface area contributed by atoms with Gasteiger partial charge >= 0.3 is 11.9 Å². The molecule has 2 rings (SSSR count). The molecule has 1 N–H and O–H groups in total. The molecule has 6 nitrogen and oxygen atoms in total. The maximum Gasteiger partial charge on any atom is 0.338 e. The molecule has 0 aromatic heterocycles. The molecule has 1 aliphatic carbocycles. The van der Waals surface area contributed by atoms with Gasteiger partial charge in [0, 0.05) is 25.3 Å². The Balaban J connectivity index is 2.42. The highest BCUT2D eigenvalue weighted by Crippen LogP contribution is 2.32. The van der Waals surface area contributed by atoms with Crippen LogP contribution in [0.1, 0.15) is 33.1 Å². The van der Waals surface area contributed by atoms with Crippen molar-refractivity contribution in [2.45, 2.75) is 45.3 Å². The lowest BCUT2D eigenvalue weighted by Crippen LogP contribution is -2.23. The van der Waals surface area contributed by atoms with Gasteiger partial charge in [0.25, 0.3) is 0 Å². The third-order valence-electron chi connectivity index (χ3n) is 3.93. The summed E-state index contributed by atoms with van der Waals surface area (Å²) in [7, 11) is 0. The van der Waals surface area contributed by atoms with E-state index in [1.54, 1.807) is 6.08 Å². The molecule has 0 saturated carbocycles. The summed E-state index contributed by atoms with van der Waals surface area (Å²) in [5.41, 5.74) is 1.66. The predicted octanol–water partition coefficient (Wildman–Crippen LogP) is 1.39. The first-order valence-electron chi connectivity index (χ1n) is 7.43. The number of esters is 2. The smallest absolute Gasteiger partial charge is 0.338 e. The van der Waals surface area contributed by atoms with Gasteiger partial charge in [-0.05, 0) is 25.0 Å². The van der Waals surface area contributed by atoms with E-state index >= 15 is 0 Å². The van der Waals surface area contributed by atoms with Gasteiger partial charge in [-0.25, -0.2) is 4.79 Å². The minimum atomic E-state index is -1.09. The molecular weight excluding hydrogens is 300 g/mol. The molecule has 0 saturated heterocycles. The number of hydrogen-bond acceptors (Lipinski definition) is 6. The van der Waals surface area contributed by atoms with Gasteiger partial charge in [-0.15, -0.1) is 0 Å². The number of aliphatic hydroxyl groups is 1. The molecular formula is C17H20O6. The SMILES string of the molecule is C=C1C[C@H](O)C2=C(COC(C)=O)C(=O)O[C@@H]2/C=C(\C)CCC1=O. The summed E-state index contributed by atoms with van der Waals surface area (Å²) in [6.45, 7) is 6.52. The largest absolute Gasteiger partial charge is 0.461 e. The second-order valence-corrected chi connectivity index (χ2v) is 5.80.